The van der Waals surface area contributed by atoms with Gasteiger partial charge in [0.2, 0.25) is 5.95 Å². The van der Waals surface area contributed by atoms with Crippen molar-refractivity contribution >= 4 is 17.5 Å². The zero-order valence-electron chi connectivity index (χ0n) is 22.4. The maximum atomic E-state index is 15.5. The van der Waals surface area contributed by atoms with Crippen LogP contribution >= 0.6 is 0 Å². The van der Waals surface area contributed by atoms with E-state index in [2.05, 4.69) is 30.1 Å². The van der Waals surface area contributed by atoms with Gasteiger partial charge in [-0.15, -0.1) is 0 Å². The SMILES string of the molecule is NCCC1CC(O)CN1c1ncc(-c2ccnc(Nc3cccc(CN4CCN5CCC(O)=C5C4)c3F)c2)cn1. The van der Waals surface area contributed by atoms with Gasteiger partial charge < -0.3 is 31.1 Å². The molecule has 5 N–H and O–H groups in total. The van der Waals surface area contributed by atoms with Crippen LogP contribution in [-0.2, 0) is 6.54 Å². The molecule has 0 amide bonds. The standard InChI is InChI=1S/C29H35FN8O2/c30-28-20(16-36-10-11-37-9-6-26(40)25(37)18-36)2-1-3-24(28)35-27-12-19(5-8-32-27)21-14-33-29(34-15-21)38-17-23(39)13-22(38)4-7-31/h1-3,5,8,12,14-15,22-23,39-40H,4,6-7,9-11,13,16-18,31H2,(H,32,35). The molecule has 2 saturated heterocycles. The highest BCUT2D eigenvalue weighted by atomic mass is 19.1. The summed E-state index contributed by atoms with van der Waals surface area (Å²) in [6.07, 6.45) is 6.90. The van der Waals surface area contributed by atoms with Gasteiger partial charge >= 0.3 is 0 Å². The van der Waals surface area contributed by atoms with Gasteiger partial charge in [-0.05, 0) is 43.1 Å². The van der Waals surface area contributed by atoms with Crippen LogP contribution in [0, 0.1) is 5.82 Å². The number of hydrogen-bond acceptors (Lipinski definition) is 10. The molecule has 2 unspecified atom stereocenters. The summed E-state index contributed by atoms with van der Waals surface area (Å²) in [7, 11) is 0. The maximum absolute atomic E-state index is 15.5. The Morgan fingerprint density at radius 3 is 2.75 bits per heavy atom. The highest BCUT2D eigenvalue weighted by molar-refractivity contribution is 5.68. The fourth-order valence-electron chi connectivity index (χ4n) is 5.91. The number of β-amino-alcohol motifs (C(OH)–C–C–N with tert-alkyl or cyclic N) is 1. The molecule has 2 fully saturated rings. The van der Waals surface area contributed by atoms with Crippen molar-refractivity contribution in [2.45, 2.75) is 38.0 Å². The van der Waals surface area contributed by atoms with Crippen LogP contribution in [0.4, 0.5) is 21.8 Å². The number of benzene rings is 1. The molecule has 0 spiro atoms. The molecular formula is C29H35FN8O2. The summed E-state index contributed by atoms with van der Waals surface area (Å²) < 4.78 is 15.5. The van der Waals surface area contributed by atoms with Gasteiger partial charge in [0.05, 0.1) is 17.5 Å². The largest absolute Gasteiger partial charge is 0.510 e. The van der Waals surface area contributed by atoms with Crippen molar-refractivity contribution < 1.29 is 14.6 Å². The number of nitrogens with zero attached hydrogens (tertiary/aromatic N) is 6. The van der Waals surface area contributed by atoms with Gasteiger partial charge in [0.1, 0.15) is 11.6 Å². The third-order valence-corrected chi connectivity index (χ3v) is 8.01. The molecule has 2 atom stereocenters. The van der Waals surface area contributed by atoms with Gasteiger partial charge in [-0.1, -0.05) is 12.1 Å². The van der Waals surface area contributed by atoms with E-state index in [9.17, 15) is 10.2 Å². The molecule has 3 aromatic rings. The van der Waals surface area contributed by atoms with E-state index in [0.29, 0.717) is 67.8 Å². The molecule has 0 radical (unpaired) electrons. The van der Waals surface area contributed by atoms with E-state index in [-0.39, 0.29) is 11.9 Å². The van der Waals surface area contributed by atoms with Crippen LogP contribution in [0.5, 0.6) is 0 Å². The number of nitrogens with two attached hydrogens (primary N) is 1. The summed E-state index contributed by atoms with van der Waals surface area (Å²) in [5, 5.41) is 23.4. The van der Waals surface area contributed by atoms with Gasteiger partial charge in [0, 0.05) is 81.4 Å². The van der Waals surface area contributed by atoms with E-state index in [1.54, 1.807) is 30.7 Å². The smallest absolute Gasteiger partial charge is 0.225 e. The van der Waals surface area contributed by atoms with Crippen LogP contribution in [0.3, 0.4) is 0 Å². The zero-order valence-corrected chi connectivity index (χ0v) is 22.4. The quantitative estimate of drug-likeness (QED) is 0.335. The first-order valence-electron chi connectivity index (χ1n) is 13.8. The van der Waals surface area contributed by atoms with Gasteiger partial charge in [0.25, 0.3) is 0 Å². The fourth-order valence-corrected chi connectivity index (χ4v) is 5.91. The molecule has 11 heteroatoms. The second-order valence-electron chi connectivity index (χ2n) is 10.7. The van der Waals surface area contributed by atoms with E-state index in [4.69, 9.17) is 5.73 Å². The molecule has 3 aliphatic rings. The van der Waals surface area contributed by atoms with Crippen molar-refractivity contribution in [1.82, 2.24) is 24.8 Å². The van der Waals surface area contributed by atoms with Gasteiger partial charge in [-0.25, -0.2) is 19.3 Å². The Morgan fingerprint density at radius 2 is 1.93 bits per heavy atom. The third kappa shape index (κ3) is 5.45. The highest BCUT2D eigenvalue weighted by Gasteiger charge is 2.32. The third-order valence-electron chi connectivity index (χ3n) is 8.01. The molecule has 6 rings (SSSR count). The summed E-state index contributed by atoms with van der Waals surface area (Å²) >= 11 is 0. The summed E-state index contributed by atoms with van der Waals surface area (Å²) in [4.78, 5) is 19.9. The molecular weight excluding hydrogens is 511 g/mol. The van der Waals surface area contributed by atoms with Crippen LogP contribution in [0.1, 0.15) is 24.8 Å². The predicted molar refractivity (Wildman–Crippen MR) is 151 cm³/mol. The Labute approximate surface area is 233 Å². The lowest BCUT2D eigenvalue weighted by atomic mass is 10.1. The fraction of sp³-hybridized carbons (Fsp3) is 0.414. The second-order valence-corrected chi connectivity index (χ2v) is 10.7. The number of pyridine rings is 1. The van der Waals surface area contributed by atoms with Crippen molar-refractivity contribution in [2.24, 2.45) is 5.73 Å². The first kappa shape index (κ1) is 26.4. The molecule has 2 aromatic heterocycles. The number of halogens is 1. The zero-order chi connectivity index (χ0) is 27.6. The number of anilines is 3. The predicted octanol–water partition coefficient (Wildman–Crippen LogP) is 3.00. The van der Waals surface area contributed by atoms with Gasteiger partial charge in [-0.3, -0.25) is 4.90 Å². The average Bonchev–Trinajstić information content (AvgIpc) is 3.53. The molecule has 1 aromatic carbocycles. The number of aliphatic hydroxyl groups is 2. The lowest BCUT2D eigenvalue weighted by Gasteiger charge is -2.35. The Bertz CT molecular complexity index is 1380. The van der Waals surface area contributed by atoms with Crippen LogP contribution < -0.4 is 16.0 Å². The van der Waals surface area contributed by atoms with Crippen LogP contribution in [0.15, 0.2) is 60.4 Å². The van der Waals surface area contributed by atoms with Crippen molar-refractivity contribution in [1.29, 1.82) is 0 Å². The van der Waals surface area contributed by atoms with Crippen molar-refractivity contribution in [3.63, 3.8) is 0 Å². The van der Waals surface area contributed by atoms with Crippen molar-refractivity contribution in [3.05, 3.63) is 71.8 Å². The van der Waals surface area contributed by atoms with E-state index >= 15 is 4.39 Å². The summed E-state index contributed by atoms with van der Waals surface area (Å²) in [6.45, 7) is 4.65. The Morgan fingerprint density at radius 1 is 1.07 bits per heavy atom. The molecule has 10 nitrogen and oxygen atoms in total. The number of fused-ring (bicyclic) bond motifs is 1. The topological polar surface area (TPSA) is 127 Å². The van der Waals surface area contributed by atoms with Crippen LogP contribution in [0.2, 0.25) is 0 Å². The molecule has 3 aliphatic heterocycles. The average molecular weight is 547 g/mol. The normalized spacial score (nSPS) is 21.3. The Hall–Kier alpha value is -3.80. The number of hydrogen-bond donors (Lipinski definition) is 4. The van der Waals surface area contributed by atoms with E-state index in [0.717, 1.165) is 42.9 Å². The van der Waals surface area contributed by atoms with E-state index < -0.39 is 6.10 Å². The van der Waals surface area contributed by atoms with Crippen molar-refractivity contribution in [3.8, 4) is 11.1 Å². The lowest BCUT2D eigenvalue weighted by molar-refractivity contribution is 0.178. The summed E-state index contributed by atoms with van der Waals surface area (Å²) in [5.41, 5.74) is 9.32. The Kier molecular flexibility index (Phi) is 7.50. The number of aliphatic hydroxyl groups excluding tert-OH is 2. The monoisotopic (exact) mass is 546 g/mol. The molecule has 40 heavy (non-hydrogen) atoms. The highest BCUT2D eigenvalue weighted by Crippen LogP contribution is 2.30. The molecule has 5 heterocycles. The van der Waals surface area contributed by atoms with Crippen LogP contribution in [-0.4, -0.2) is 86.4 Å². The molecule has 210 valence electrons. The molecule has 0 saturated carbocycles. The van der Waals surface area contributed by atoms with E-state index in [1.165, 1.54) is 0 Å². The maximum Gasteiger partial charge on any atom is 0.225 e. The molecule has 0 aliphatic carbocycles. The van der Waals surface area contributed by atoms with Crippen LogP contribution in [0.25, 0.3) is 11.1 Å². The van der Waals surface area contributed by atoms with Gasteiger partial charge in [0.15, 0.2) is 5.82 Å². The summed E-state index contributed by atoms with van der Waals surface area (Å²) in [6, 6.07) is 9.18. The first-order chi connectivity index (χ1) is 19.5. The Balaban J connectivity index is 1.15. The minimum Gasteiger partial charge on any atom is -0.510 e. The summed E-state index contributed by atoms with van der Waals surface area (Å²) in [5.74, 6) is 1.23. The number of piperazine rings is 1. The van der Waals surface area contributed by atoms with Crippen molar-refractivity contribution in [2.75, 3.05) is 49.5 Å². The number of aromatic nitrogens is 3. The minimum absolute atomic E-state index is 0.129. The second kappa shape index (κ2) is 11.4. The van der Waals surface area contributed by atoms with Gasteiger partial charge in [-0.2, -0.15) is 0 Å². The van der Waals surface area contributed by atoms with E-state index in [1.807, 2.05) is 23.1 Å². The number of rotatable bonds is 8. The minimum atomic E-state index is -0.407. The number of nitrogens with one attached hydrogen (secondary N) is 1. The molecule has 0 bridgehead atoms. The lowest BCUT2D eigenvalue weighted by Crippen LogP contribution is -2.42. The first-order valence-corrected chi connectivity index (χ1v) is 13.8.